The lowest BCUT2D eigenvalue weighted by molar-refractivity contribution is 0.208. The number of piperazine rings is 1. The van der Waals surface area contributed by atoms with Crippen LogP contribution in [0, 0.1) is 18.3 Å². The largest absolute Gasteiger partial charge is 0.352 e. The number of nitrogens with zero attached hydrogens (tertiary/aromatic N) is 6. The molecule has 142 valence electrons. The van der Waals surface area contributed by atoms with Crippen LogP contribution in [0.25, 0.3) is 0 Å². The van der Waals surface area contributed by atoms with Crippen molar-refractivity contribution >= 4 is 17.7 Å². The number of carbonyl (C=O) groups excluding carboxylic acids is 1. The summed E-state index contributed by atoms with van der Waals surface area (Å²) in [5, 5.41) is 16.6. The lowest BCUT2D eigenvalue weighted by Crippen LogP contribution is -2.50. The smallest absolute Gasteiger partial charge is 0.323 e. The van der Waals surface area contributed by atoms with Gasteiger partial charge in [0, 0.05) is 50.2 Å². The van der Waals surface area contributed by atoms with Gasteiger partial charge < -0.3 is 9.80 Å². The number of carbonyl (C=O) groups is 1. The zero-order chi connectivity index (χ0) is 19.4. The summed E-state index contributed by atoms with van der Waals surface area (Å²) in [5.74, 6) is 1.26. The number of hydrogen-bond donors (Lipinski definition) is 1. The molecule has 0 aliphatic carbocycles. The highest BCUT2D eigenvalue weighted by Crippen LogP contribution is 2.19. The van der Waals surface area contributed by atoms with Crippen molar-refractivity contribution in [2.45, 2.75) is 33.2 Å². The second kappa shape index (κ2) is 8.08. The van der Waals surface area contributed by atoms with E-state index in [9.17, 15) is 10.1 Å². The molecule has 2 aromatic rings. The predicted molar refractivity (Wildman–Crippen MR) is 104 cm³/mol. The molecule has 0 aromatic carbocycles. The van der Waals surface area contributed by atoms with E-state index in [1.807, 2.05) is 22.6 Å². The molecule has 27 heavy (non-hydrogen) atoms. The highest BCUT2D eigenvalue weighted by Gasteiger charge is 2.24. The maximum atomic E-state index is 12.6. The summed E-state index contributed by atoms with van der Waals surface area (Å²) >= 11 is 0. The van der Waals surface area contributed by atoms with Crippen molar-refractivity contribution < 1.29 is 4.79 Å². The second-order valence-corrected chi connectivity index (χ2v) is 6.76. The first-order valence-electron chi connectivity index (χ1n) is 9.25. The van der Waals surface area contributed by atoms with E-state index in [2.05, 4.69) is 35.3 Å². The number of aromatic nitrogens is 3. The van der Waals surface area contributed by atoms with Crippen molar-refractivity contribution in [2.24, 2.45) is 0 Å². The molecular formula is C19H25N7O. The van der Waals surface area contributed by atoms with Crippen LogP contribution in [0.4, 0.5) is 16.4 Å². The van der Waals surface area contributed by atoms with E-state index in [0.717, 1.165) is 12.1 Å². The van der Waals surface area contributed by atoms with Crippen molar-refractivity contribution in [3.05, 3.63) is 35.7 Å². The molecule has 0 spiro atoms. The maximum absolute atomic E-state index is 12.6. The Morgan fingerprint density at radius 2 is 2.11 bits per heavy atom. The molecule has 3 heterocycles. The molecule has 1 atom stereocenters. The molecule has 2 aromatic heterocycles. The molecule has 1 aliphatic heterocycles. The average Bonchev–Trinajstić information content (AvgIpc) is 3.07. The monoisotopic (exact) mass is 367 g/mol. The van der Waals surface area contributed by atoms with E-state index >= 15 is 0 Å². The summed E-state index contributed by atoms with van der Waals surface area (Å²) < 4.78 is 1.94. The van der Waals surface area contributed by atoms with Crippen LogP contribution in [-0.4, -0.2) is 51.9 Å². The summed E-state index contributed by atoms with van der Waals surface area (Å²) in [6.45, 7) is 8.63. The third-order valence-electron chi connectivity index (χ3n) is 4.94. The van der Waals surface area contributed by atoms with Gasteiger partial charge in [0.1, 0.15) is 11.9 Å². The summed E-state index contributed by atoms with van der Waals surface area (Å²) in [6, 6.07) is 7.74. The first-order valence-corrected chi connectivity index (χ1v) is 9.25. The van der Waals surface area contributed by atoms with E-state index in [1.54, 1.807) is 23.2 Å². The quantitative estimate of drug-likeness (QED) is 0.897. The van der Waals surface area contributed by atoms with Gasteiger partial charge in [0.15, 0.2) is 5.82 Å². The molecule has 0 radical (unpaired) electrons. The highest BCUT2D eigenvalue weighted by atomic mass is 16.2. The molecule has 8 heteroatoms. The molecule has 2 amide bonds. The summed E-state index contributed by atoms with van der Waals surface area (Å²) in [6.07, 6.45) is 2.67. The van der Waals surface area contributed by atoms with Crippen molar-refractivity contribution in [2.75, 3.05) is 36.4 Å². The minimum Gasteiger partial charge on any atom is -0.352 e. The normalized spacial score (nSPS) is 15.3. The first-order chi connectivity index (χ1) is 13.0. The second-order valence-electron chi connectivity index (χ2n) is 6.76. The Kier molecular flexibility index (Phi) is 5.60. The number of hydrogen-bond acceptors (Lipinski definition) is 5. The third-order valence-corrected chi connectivity index (χ3v) is 4.94. The van der Waals surface area contributed by atoms with Crippen LogP contribution in [0.2, 0.25) is 0 Å². The van der Waals surface area contributed by atoms with Crippen molar-refractivity contribution in [1.29, 1.82) is 5.26 Å². The van der Waals surface area contributed by atoms with Crippen LogP contribution >= 0.6 is 0 Å². The van der Waals surface area contributed by atoms with E-state index in [-0.39, 0.29) is 6.03 Å². The third kappa shape index (κ3) is 4.03. The van der Waals surface area contributed by atoms with Gasteiger partial charge in [-0.25, -0.2) is 9.78 Å². The van der Waals surface area contributed by atoms with Crippen LogP contribution in [0.5, 0.6) is 0 Å². The lowest BCUT2D eigenvalue weighted by Gasteiger charge is -2.35. The Morgan fingerprint density at radius 3 is 2.78 bits per heavy atom. The van der Waals surface area contributed by atoms with Gasteiger partial charge in [-0.3, -0.25) is 10.00 Å². The van der Waals surface area contributed by atoms with Gasteiger partial charge >= 0.3 is 6.03 Å². The minimum atomic E-state index is -0.148. The van der Waals surface area contributed by atoms with Gasteiger partial charge in [0.25, 0.3) is 0 Å². The molecule has 1 aliphatic rings. The number of pyridine rings is 1. The van der Waals surface area contributed by atoms with Crippen LogP contribution in [-0.2, 0) is 0 Å². The fourth-order valence-electron chi connectivity index (χ4n) is 3.21. The number of aryl methyl sites for hydroxylation is 1. The van der Waals surface area contributed by atoms with Gasteiger partial charge in [0.05, 0.1) is 5.56 Å². The molecule has 0 bridgehead atoms. The molecular weight excluding hydrogens is 342 g/mol. The number of urea groups is 1. The molecule has 8 nitrogen and oxygen atoms in total. The van der Waals surface area contributed by atoms with Crippen molar-refractivity contribution in [1.82, 2.24) is 19.7 Å². The lowest BCUT2D eigenvalue weighted by atomic mass is 10.2. The van der Waals surface area contributed by atoms with Crippen molar-refractivity contribution in [3.8, 4) is 6.07 Å². The Morgan fingerprint density at radius 1 is 1.37 bits per heavy atom. The Labute approximate surface area is 159 Å². The fraction of sp³-hybridized carbons (Fsp3) is 0.474. The molecule has 1 fully saturated rings. The van der Waals surface area contributed by atoms with Gasteiger partial charge in [-0.1, -0.05) is 6.92 Å². The SMILES string of the molecule is CCC(C)n1nc(NC(=O)N2CCN(c3ncccc3C#N)CC2)cc1C. The predicted octanol–water partition coefficient (Wildman–Crippen LogP) is 2.78. The van der Waals surface area contributed by atoms with Gasteiger partial charge in [-0.2, -0.15) is 10.4 Å². The minimum absolute atomic E-state index is 0.148. The van der Waals surface area contributed by atoms with Gasteiger partial charge in [-0.15, -0.1) is 0 Å². The molecule has 0 saturated carbocycles. The standard InChI is InChI=1S/C19H25N7O/c1-4-14(2)26-15(3)12-17(23-26)22-19(27)25-10-8-24(9-11-25)18-16(13-20)6-5-7-21-18/h5-7,12,14H,4,8-11H2,1-3H3,(H,22,23,27). The van der Waals surface area contributed by atoms with E-state index in [4.69, 9.17) is 0 Å². The zero-order valence-electron chi connectivity index (χ0n) is 16.0. The summed E-state index contributed by atoms with van der Waals surface area (Å²) in [7, 11) is 0. The number of anilines is 2. The number of nitrogens with one attached hydrogen (secondary N) is 1. The van der Waals surface area contributed by atoms with Gasteiger partial charge in [-0.05, 0) is 32.4 Å². The molecule has 1 N–H and O–H groups in total. The number of rotatable bonds is 4. The van der Waals surface area contributed by atoms with E-state index in [1.165, 1.54) is 0 Å². The average molecular weight is 367 g/mol. The first kappa shape index (κ1) is 18.7. The van der Waals surface area contributed by atoms with Crippen LogP contribution in [0.3, 0.4) is 0 Å². The topological polar surface area (TPSA) is 90.1 Å². The molecule has 3 rings (SSSR count). The zero-order valence-corrected chi connectivity index (χ0v) is 16.0. The Hall–Kier alpha value is -3.08. The number of amides is 2. The van der Waals surface area contributed by atoms with Crippen LogP contribution in [0.15, 0.2) is 24.4 Å². The van der Waals surface area contributed by atoms with E-state index < -0.39 is 0 Å². The fourth-order valence-corrected chi connectivity index (χ4v) is 3.21. The summed E-state index contributed by atoms with van der Waals surface area (Å²) in [5.41, 5.74) is 1.59. The van der Waals surface area contributed by atoms with Crippen molar-refractivity contribution in [3.63, 3.8) is 0 Å². The summed E-state index contributed by atoms with van der Waals surface area (Å²) in [4.78, 5) is 20.7. The molecule has 1 unspecified atom stereocenters. The van der Waals surface area contributed by atoms with Crippen LogP contribution < -0.4 is 10.2 Å². The van der Waals surface area contributed by atoms with Crippen LogP contribution in [0.1, 0.15) is 37.6 Å². The van der Waals surface area contributed by atoms with Gasteiger partial charge in [0.2, 0.25) is 0 Å². The number of nitriles is 1. The maximum Gasteiger partial charge on any atom is 0.323 e. The highest BCUT2D eigenvalue weighted by molar-refractivity contribution is 5.88. The Bertz CT molecular complexity index is 846. The molecule has 1 saturated heterocycles. The Balaban J connectivity index is 1.60. The van der Waals surface area contributed by atoms with E-state index in [0.29, 0.717) is 49.4 Å².